The minimum Gasteiger partial charge on any atom is -0.330 e. The van der Waals surface area contributed by atoms with Crippen LogP contribution < -0.4 is 5.32 Å². The highest BCUT2D eigenvalue weighted by molar-refractivity contribution is 8.00. The molecule has 0 saturated heterocycles. The van der Waals surface area contributed by atoms with Gasteiger partial charge in [-0.25, -0.2) is 9.37 Å². The number of nitrogens with one attached hydrogen (secondary N) is 1. The molecule has 8 heteroatoms. The van der Waals surface area contributed by atoms with E-state index >= 15 is 0 Å². The van der Waals surface area contributed by atoms with Gasteiger partial charge in [0.05, 0.1) is 16.0 Å². The van der Waals surface area contributed by atoms with E-state index in [-0.39, 0.29) is 5.82 Å². The molecule has 4 rings (SSSR count). The van der Waals surface area contributed by atoms with E-state index in [0.29, 0.717) is 10.8 Å². The van der Waals surface area contributed by atoms with Crippen LogP contribution in [-0.4, -0.2) is 15.2 Å². The van der Waals surface area contributed by atoms with Gasteiger partial charge in [0.15, 0.2) is 4.34 Å². The van der Waals surface area contributed by atoms with Gasteiger partial charge in [-0.3, -0.25) is 0 Å². The molecule has 0 aliphatic carbocycles. The number of hydrogen-bond donors (Lipinski definition) is 1. The molecule has 0 saturated carbocycles. The van der Waals surface area contributed by atoms with Gasteiger partial charge in [-0.2, -0.15) is 0 Å². The molecule has 4 aromatic rings. The summed E-state index contributed by atoms with van der Waals surface area (Å²) in [6, 6.07) is 14.4. The molecule has 0 amide bonds. The van der Waals surface area contributed by atoms with Crippen LogP contribution in [0.1, 0.15) is 5.01 Å². The van der Waals surface area contributed by atoms with E-state index in [0.717, 1.165) is 20.6 Å². The van der Waals surface area contributed by atoms with Crippen LogP contribution in [-0.2, 0) is 5.75 Å². The van der Waals surface area contributed by atoms with Crippen molar-refractivity contribution in [1.29, 1.82) is 0 Å². The van der Waals surface area contributed by atoms with Gasteiger partial charge in [-0.1, -0.05) is 41.3 Å². The van der Waals surface area contributed by atoms with Crippen LogP contribution in [0.3, 0.4) is 0 Å². The van der Waals surface area contributed by atoms with Gasteiger partial charge in [0.1, 0.15) is 10.8 Å². The summed E-state index contributed by atoms with van der Waals surface area (Å²) in [5.41, 5.74) is 1.69. The van der Waals surface area contributed by atoms with Crippen LogP contribution >= 0.6 is 34.4 Å². The first-order chi connectivity index (χ1) is 11.8. The predicted molar refractivity (Wildman–Crippen MR) is 98.8 cm³/mol. The van der Waals surface area contributed by atoms with E-state index in [9.17, 15) is 4.39 Å². The van der Waals surface area contributed by atoms with Crippen molar-refractivity contribution in [3.05, 3.63) is 59.4 Å². The van der Waals surface area contributed by atoms with Crippen molar-refractivity contribution in [1.82, 2.24) is 15.2 Å². The third-order valence-electron chi connectivity index (χ3n) is 3.14. The molecule has 2 heterocycles. The van der Waals surface area contributed by atoms with Gasteiger partial charge in [0.2, 0.25) is 5.13 Å². The molecule has 0 fully saturated rings. The Bertz CT molecular complexity index is 949. The lowest BCUT2D eigenvalue weighted by molar-refractivity contribution is 0.628. The Morgan fingerprint density at radius 1 is 1.04 bits per heavy atom. The third kappa shape index (κ3) is 3.55. The first kappa shape index (κ1) is 15.5. The van der Waals surface area contributed by atoms with E-state index in [2.05, 4.69) is 26.6 Å². The minimum absolute atomic E-state index is 0.282. The minimum atomic E-state index is -0.282. The summed E-state index contributed by atoms with van der Waals surface area (Å²) in [6.45, 7) is 0. The summed E-state index contributed by atoms with van der Waals surface area (Å²) >= 11 is 4.74. The number of halogens is 1. The number of hydrogen-bond acceptors (Lipinski definition) is 7. The smallest absolute Gasteiger partial charge is 0.210 e. The van der Waals surface area contributed by atoms with Gasteiger partial charge >= 0.3 is 0 Å². The van der Waals surface area contributed by atoms with Crippen molar-refractivity contribution >= 4 is 55.5 Å². The Balaban J connectivity index is 1.41. The Hall–Kier alpha value is -2.03. The number of rotatable bonds is 5. The molecule has 0 spiro atoms. The number of thioether (sulfide) groups is 1. The van der Waals surface area contributed by atoms with E-state index in [1.165, 1.54) is 28.2 Å². The largest absolute Gasteiger partial charge is 0.330 e. The van der Waals surface area contributed by atoms with E-state index in [1.807, 2.05) is 18.2 Å². The maximum Gasteiger partial charge on any atom is 0.210 e. The molecule has 2 aromatic heterocycles. The van der Waals surface area contributed by atoms with Gasteiger partial charge in [0.25, 0.3) is 0 Å². The zero-order valence-corrected chi connectivity index (χ0v) is 14.7. The predicted octanol–water partition coefficient (Wildman–Crippen LogP) is 5.32. The number of benzene rings is 2. The summed E-state index contributed by atoms with van der Waals surface area (Å²) in [6.07, 6.45) is 0. The quantitative estimate of drug-likeness (QED) is 0.479. The van der Waals surface area contributed by atoms with E-state index in [4.69, 9.17) is 0 Å². The summed E-state index contributed by atoms with van der Waals surface area (Å²) in [4.78, 5) is 4.61. The Labute approximate surface area is 149 Å². The standard InChI is InChI=1S/C16H11FN4S3/c17-10-4-3-5-11(8-10)18-15-20-21-16(24-15)22-9-14-19-12-6-1-2-7-13(12)23-14/h1-8H,9H2,(H,18,20). The van der Waals surface area contributed by atoms with Crippen molar-refractivity contribution in [3.63, 3.8) is 0 Å². The molecule has 1 N–H and O–H groups in total. The van der Waals surface area contributed by atoms with Crippen LogP contribution in [0.4, 0.5) is 15.2 Å². The normalized spacial score (nSPS) is 11.0. The third-order valence-corrected chi connectivity index (χ3v) is 6.34. The first-order valence-corrected chi connectivity index (χ1v) is 9.71. The van der Waals surface area contributed by atoms with Crippen LogP contribution in [0.25, 0.3) is 10.2 Å². The fraction of sp³-hybridized carbons (Fsp3) is 0.0625. The molecular weight excluding hydrogens is 363 g/mol. The molecule has 2 aromatic carbocycles. The second-order valence-corrected chi connectivity index (χ2v) is 8.19. The van der Waals surface area contributed by atoms with Gasteiger partial charge in [-0.15, -0.1) is 21.5 Å². The summed E-state index contributed by atoms with van der Waals surface area (Å²) in [5, 5.41) is 13.0. The molecule has 24 heavy (non-hydrogen) atoms. The molecule has 0 bridgehead atoms. The zero-order valence-electron chi connectivity index (χ0n) is 12.3. The zero-order chi connectivity index (χ0) is 16.4. The molecule has 4 nitrogen and oxygen atoms in total. The Morgan fingerprint density at radius 3 is 2.83 bits per heavy atom. The second-order valence-electron chi connectivity index (χ2n) is 4.87. The van der Waals surface area contributed by atoms with Crippen molar-refractivity contribution < 1.29 is 4.39 Å². The van der Waals surface area contributed by atoms with Crippen molar-refractivity contribution in [2.45, 2.75) is 10.1 Å². The van der Waals surface area contributed by atoms with E-state index < -0.39 is 0 Å². The van der Waals surface area contributed by atoms with Crippen LogP contribution in [0.5, 0.6) is 0 Å². The lowest BCUT2D eigenvalue weighted by atomic mass is 10.3. The number of thiazole rings is 1. The van der Waals surface area contributed by atoms with Gasteiger partial charge in [0, 0.05) is 5.69 Å². The molecule has 120 valence electrons. The van der Waals surface area contributed by atoms with E-state index in [1.54, 1.807) is 35.2 Å². The summed E-state index contributed by atoms with van der Waals surface area (Å²) in [7, 11) is 0. The first-order valence-electron chi connectivity index (χ1n) is 7.09. The SMILES string of the molecule is Fc1cccc(Nc2nnc(SCc3nc4ccccc4s3)s2)c1. The average Bonchev–Trinajstić information content (AvgIpc) is 3.19. The van der Waals surface area contributed by atoms with Gasteiger partial charge in [-0.05, 0) is 30.3 Å². The molecule has 0 aliphatic rings. The summed E-state index contributed by atoms with van der Waals surface area (Å²) in [5.74, 6) is 0.475. The highest BCUT2D eigenvalue weighted by Crippen LogP contribution is 2.32. The number of nitrogens with zero attached hydrogens (tertiary/aromatic N) is 3. The maximum absolute atomic E-state index is 13.2. The maximum atomic E-state index is 13.2. The molecule has 0 aliphatic heterocycles. The highest BCUT2D eigenvalue weighted by atomic mass is 32.2. The topological polar surface area (TPSA) is 50.7 Å². The van der Waals surface area contributed by atoms with Crippen molar-refractivity contribution in [2.24, 2.45) is 0 Å². The lowest BCUT2D eigenvalue weighted by Crippen LogP contribution is -1.89. The average molecular weight is 374 g/mol. The number of para-hydroxylation sites is 1. The second kappa shape index (κ2) is 6.84. The van der Waals surface area contributed by atoms with Crippen LogP contribution in [0.15, 0.2) is 52.9 Å². The number of aromatic nitrogens is 3. The number of anilines is 2. The summed E-state index contributed by atoms with van der Waals surface area (Å²) < 4.78 is 15.2. The van der Waals surface area contributed by atoms with Crippen LogP contribution in [0, 0.1) is 5.82 Å². The van der Waals surface area contributed by atoms with Crippen LogP contribution in [0.2, 0.25) is 0 Å². The molecular formula is C16H11FN4S3. The number of fused-ring (bicyclic) bond motifs is 1. The Morgan fingerprint density at radius 2 is 1.96 bits per heavy atom. The highest BCUT2D eigenvalue weighted by Gasteiger charge is 2.08. The monoisotopic (exact) mass is 374 g/mol. The fourth-order valence-electron chi connectivity index (χ4n) is 2.11. The van der Waals surface area contributed by atoms with Gasteiger partial charge < -0.3 is 5.32 Å². The Kier molecular flexibility index (Phi) is 4.42. The lowest BCUT2D eigenvalue weighted by Gasteiger charge is -2.00. The fourth-order valence-corrected chi connectivity index (χ4v) is 4.85. The molecule has 0 radical (unpaired) electrons. The van der Waals surface area contributed by atoms with Crippen molar-refractivity contribution in [3.8, 4) is 0 Å². The molecule has 0 atom stereocenters. The molecule has 0 unspecified atom stereocenters. The van der Waals surface area contributed by atoms with Crippen molar-refractivity contribution in [2.75, 3.05) is 5.32 Å².